The minimum absolute atomic E-state index is 0.375. The third kappa shape index (κ3) is 3.87. The van der Waals surface area contributed by atoms with Crippen molar-refractivity contribution < 1.29 is 0 Å². The fourth-order valence-corrected chi connectivity index (χ4v) is 3.88. The van der Waals surface area contributed by atoms with Crippen LogP contribution in [0.4, 0.5) is 0 Å². The molecule has 21 heavy (non-hydrogen) atoms. The molecule has 0 heterocycles. The van der Waals surface area contributed by atoms with Crippen molar-refractivity contribution in [3.63, 3.8) is 0 Å². The molecule has 2 saturated carbocycles. The van der Waals surface area contributed by atoms with Gasteiger partial charge in [0.2, 0.25) is 0 Å². The number of nitrogens with two attached hydrogens (primary N) is 1. The van der Waals surface area contributed by atoms with Crippen LogP contribution in [-0.4, -0.2) is 25.0 Å². The third-order valence-electron chi connectivity index (χ3n) is 5.40. The highest BCUT2D eigenvalue weighted by Gasteiger charge is 2.24. The molecular weight excluding hydrogens is 256 g/mol. The maximum Gasteiger partial charge on any atom is 0.0467 e. The van der Waals surface area contributed by atoms with Crippen molar-refractivity contribution in [2.75, 3.05) is 20.1 Å². The molecule has 0 aromatic heterocycles. The summed E-state index contributed by atoms with van der Waals surface area (Å²) < 4.78 is 0. The molecule has 2 aliphatic rings. The van der Waals surface area contributed by atoms with E-state index in [-0.39, 0.29) is 0 Å². The molecule has 0 radical (unpaired) electrons. The lowest BCUT2D eigenvalue weighted by molar-refractivity contribution is 0.185. The number of likely N-dealkylation sites (N-methyl/N-ethyl adjacent to an activating group) is 1. The Labute approximate surface area is 129 Å². The minimum atomic E-state index is 0.375. The monoisotopic (exact) mass is 286 g/mol. The van der Waals surface area contributed by atoms with Gasteiger partial charge in [-0.2, -0.15) is 0 Å². The van der Waals surface area contributed by atoms with Crippen LogP contribution in [0.2, 0.25) is 0 Å². The minimum Gasteiger partial charge on any atom is -0.329 e. The lowest BCUT2D eigenvalue weighted by Gasteiger charge is -2.32. The van der Waals surface area contributed by atoms with Gasteiger partial charge in [0.15, 0.2) is 0 Å². The third-order valence-corrected chi connectivity index (χ3v) is 5.40. The standard InChI is InChI=1S/C19H30N2/c1-21(14-15-5-3-2-4-6-15)19(13-20)18-11-9-17(10-12-18)16-7-8-16/h9-12,15-16,19H,2-8,13-14,20H2,1H3. The summed E-state index contributed by atoms with van der Waals surface area (Å²) in [7, 11) is 2.25. The van der Waals surface area contributed by atoms with Crippen LogP contribution >= 0.6 is 0 Å². The molecule has 0 saturated heterocycles. The highest BCUT2D eigenvalue weighted by molar-refractivity contribution is 5.29. The van der Waals surface area contributed by atoms with Crippen LogP contribution in [0.5, 0.6) is 0 Å². The summed E-state index contributed by atoms with van der Waals surface area (Å²) in [5, 5.41) is 0. The van der Waals surface area contributed by atoms with E-state index in [2.05, 4.69) is 36.2 Å². The lowest BCUT2D eigenvalue weighted by atomic mass is 9.88. The normalized spacial score (nSPS) is 21.7. The van der Waals surface area contributed by atoms with Crippen molar-refractivity contribution in [2.24, 2.45) is 11.7 Å². The SMILES string of the molecule is CN(CC1CCCCC1)C(CN)c1ccc(C2CC2)cc1. The van der Waals surface area contributed by atoms with Crippen LogP contribution in [0.1, 0.15) is 68.0 Å². The molecule has 1 aromatic carbocycles. The van der Waals surface area contributed by atoms with Gasteiger partial charge in [0, 0.05) is 19.1 Å². The Morgan fingerprint density at radius 2 is 1.71 bits per heavy atom. The van der Waals surface area contributed by atoms with Gasteiger partial charge in [-0.15, -0.1) is 0 Å². The highest BCUT2D eigenvalue weighted by atomic mass is 15.1. The number of hydrogen-bond acceptors (Lipinski definition) is 2. The molecule has 0 aliphatic heterocycles. The second kappa shape index (κ2) is 6.93. The van der Waals surface area contributed by atoms with Gasteiger partial charge >= 0.3 is 0 Å². The number of nitrogens with zero attached hydrogens (tertiary/aromatic N) is 1. The van der Waals surface area contributed by atoms with Crippen LogP contribution < -0.4 is 5.73 Å². The molecule has 1 aromatic rings. The Morgan fingerprint density at radius 1 is 1.05 bits per heavy atom. The maximum atomic E-state index is 6.08. The topological polar surface area (TPSA) is 29.3 Å². The van der Waals surface area contributed by atoms with Crippen molar-refractivity contribution in [3.05, 3.63) is 35.4 Å². The summed E-state index contributed by atoms with van der Waals surface area (Å²) in [5.41, 5.74) is 8.99. The van der Waals surface area contributed by atoms with E-state index in [1.54, 1.807) is 0 Å². The van der Waals surface area contributed by atoms with Crippen LogP contribution in [0.15, 0.2) is 24.3 Å². The summed E-state index contributed by atoms with van der Waals surface area (Å²) in [6, 6.07) is 9.64. The average molecular weight is 286 g/mol. The first-order valence-electron chi connectivity index (χ1n) is 8.78. The highest BCUT2D eigenvalue weighted by Crippen LogP contribution is 2.40. The van der Waals surface area contributed by atoms with Crippen LogP contribution in [0.3, 0.4) is 0 Å². The fourth-order valence-electron chi connectivity index (χ4n) is 3.88. The van der Waals surface area contributed by atoms with Gasteiger partial charge in [-0.3, -0.25) is 4.90 Å². The molecule has 3 rings (SSSR count). The Balaban J connectivity index is 1.62. The average Bonchev–Trinajstić information content (AvgIpc) is 3.34. The predicted octanol–water partition coefficient (Wildman–Crippen LogP) is 4.08. The number of hydrogen-bond donors (Lipinski definition) is 1. The molecule has 2 nitrogen and oxygen atoms in total. The number of benzene rings is 1. The summed E-state index contributed by atoms with van der Waals surface area (Å²) in [4.78, 5) is 2.49. The fraction of sp³-hybridized carbons (Fsp3) is 0.684. The number of rotatable bonds is 6. The second-order valence-electron chi connectivity index (χ2n) is 7.14. The molecule has 2 fully saturated rings. The Morgan fingerprint density at radius 3 is 2.29 bits per heavy atom. The first-order chi connectivity index (χ1) is 10.3. The summed E-state index contributed by atoms with van der Waals surface area (Å²) in [6.07, 6.45) is 9.83. The molecule has 2 N–H and O–H groups in total. The van der Waals surface area contributed by atoms with Crippen molar-refractivity contribution >= 4 is 0 Å². The molecule has 116 valence electrons. The first-order valence-corrected chi connectivity index (χ1v) is 8.78. The van der Waals surface area contributed by atoms with Gasteiger partial charge < -0.3 is 5.73 Å². The first kappa shape index (κ1) is 15.1. The molecule has 0 amide bonds. The van der Waals surface area contributed by atoms with E-state index in [1.807, 2.05) is 0 Å². The van der Waals surface area contributed by atoms with Crippen LogP contribution in [0.25, 0.3) is 0 Å². The van der Waals surface area contributed by atoms with Gasteiger partial charge in [-0.05, 0) is 55.7 Å². The van der Waals surface area contributed by atoms with Crippen molar-refractivity contribution in [3.8, 4) is 0 Å². The maximum absolute atomic E-state index is 6.08. The molecular formula is C19H30N2. The van der Waals surface area contributed by atoms with E-state index in [1.165, 1.54) is 62.6 Å². The molecule has 1 atom stereocenters. The largest absolute Gasteiger partial charge is 0.329 e. The van der Waals surface area contributed by atoms with E-state index < -0.39 is 0 Å². The molecule has 2 aliphatic carbocycles. The molecule has 1 unspecified atom stereocenters. The van der Waals surface area contributed by atoms with Crippen molar-refractivity contribution in [1.29, 1.82) is 0 Å². The quantitative estimate of drug-likeness (QED) is 0.854. The zero-order valence-electron chi connectivity index (χ0n) is 13.4. The summed E-state index contributed by atoms with van der Waals surface area (Å²) >= 11 is 0. The molecule has 0 bridgehead atoms. The van der Waals surface area contributed by atoms with Gasteiger partial charge in [-0.1, -0.05) is 43.5 Å². The zero-order valence-corrected chi connectivity index (χ0v) is 13.4. The van der Waals surface area contributed by atoms with E-state index in [0.29, 0.717) is 12.6 Å². The van der Waals surface area contributed by atoms with Gasteiger partial charge in [0.25, 0.3) is 0 Å². The van der Waals surface area contributed by atoms with Crippen LogP contribution in [0, 0.1) is 5.92 Å². The van der Waals surface area contributed by atoms with Gasteiger partial charge in [0.05, 0.1) is 0 Å². The summed E-state index contributed by atoms with van der Waals surface area (Å²) in [5.74, 6) is 1.72. The van der Waals surface area contributed by atoms with E-state index >= 15 is 0 Å². The Bertz CT molecular complexity index is 429. The second-order valence-corrected chi connectivity index (χ2v) is 7.14. The predicted molar refractivity (Wildman–Crippen MR) is 89.4 cm³/mol. The van der Waals surface area contributed by atoms with E-state index in [0.717, 1.165) is 11.8 Å². The molecule has 0 spiro atoms. The lowest BCUT2D eigenvalue weighted by Crippen LogP contribution is -2.34. The molecule has 2 heteroatoms. The van der Waals surface area contributed by atoms with E-state index in [9.17, 15) is 0 Å². The van der Waals surface area contributed by atoms with Gasteiger partial charge in [-0.25, -0.2) is 0 Å². The van der Waals surface area contributed by atoms with Crippen LogP contribution in [-0.2, 0) is 0 Å². The smallest absolute Gasteiger partial charge is 0.0467 e. The Hall–Kier alpha value is -0.860. The zero-order chi connectivity index (χ0) is 14.7. The van der Waals surface area contributed by atoms with Crippen molar-refractivity contribution in [2.45, 2.75) is 56.9 Å². The van der Waals surface area contributed by atoms with E-state index in [4.69, 9.17) is 5.73 Å². The van der Waals surface area contributed by atoms with Crippen molar-refractivity contribution in [1.82, 2.24) is 4.90 Å². The summed E-state index contributed by atoms with van der Waals surface area (Å²) in [6.45, 7) is 1.91. The van der Waals surface area contributed by atoms with Gasteiger partial charge in [0.1, 0.15) is 0 Å². The Kier molecular flexibility index (Phi) is 4.97.